The van der Waals surface area contributed by atoms with Gasteiger partial charge in [-0.3, -0.25) is 4.68 Å². The number of rotatable bonds is 5. The summed E-state index contributed by atoms with van der Waals surface area (Å²) in [7, 11) is 0. The van der Waals surface area contributed by atoms with Crippen LogP contribution in [0.3, 0.4) is 0 Å². The Hall–Kier alpha value is -0.990. The van der Waals surface area contributed by atoms with E-state index in [-0.39, 0.29) is 0 Å². The van der Waals surface area contributed by atoms with Crippen molar-refractivity contribution in [3.63, 3.8) is 0 Å². The molecule has 1 rings (SSSR count). The van der Waals surface area contributed by atoms with Gasteiger partial charge in [0, 0.05) is 6.04 Å². The lowest BCUT2D eigenvalue weighted by molar-refractivity contribution is 0.436. The van der Waals surface area contributed by atoms with Crippen LogP contribution in [-0.4, -0.2) is 14.9 Å². The van der Waals surface area contributed by atoms with Crippen molar-refractivity contribution in [3.05, 3.63) is 11.4 Å². The van der Waals surface area contributed by atoms with Gasteiger partial charge in [-0.25, -0.2) is 0 Å². The zero-order chi connectivity index (χ0) is 11.4. The summed E-state index contributed by atoms with van der Waals surface area (Å²) >= 11 is 0. The molecule has 0 aliphatic rings. The van der Waals surface area contributed by atoms with Crippen molar-refractivity contribution in [1.29, 1.82) is 0 Å². The smallest absolute Gasteiger partial charge is 0.160 e. The first-order chi connectivity index (χ1) is 7.15. The number of aromatic hydroxyl groups is 1. The zero-order valence-corrected chi connectivity index (χ0v) is 10.2. The maximum Gasteiger partial charge on any atom is 0.160 e. The molecule has 15 heavy (non-hydrogen) atoms. The Morgan fingerprint density at radius 2 is 2.00 bits per heavy atom. The first-order valence-electron chi connectivity index (χ1n) is 5.94. The fraction of sp³-hybridized carbons (Fsp3) is 0.750. The predicted octanol–water partition coefficient (Wildman–Crippen LogP) is 3.07. The Bertz CT molecular complexity index is 318. The van der Waals surface area contributed by atoms with Gasteiger partial charge in [0.1, 0.15) is 5.69 Å². The van der Waals surface area contributed by atoms with Gasteiger partial charge in [0.15, 0.2) is 5.75 Å². The molecule has 0 aliphatic heterocycles. The van der Waals surface area contributed by atoms with E-state index in [4.69, 9.17) is 0 Å². The van der Waals surface area contributed by atoms with Crippen molar-refractivity contribution in [1.82, 2.24) is 9.78 Å². The maximum absolute atomic E-state index is 10.0. The first-order valence-corrected chi connectivity index (χ1v) is 5.94. The molecule has 1 atom stereocenters. The Morgan fingerprint density at radius 3 is 2.47 bits per heavy atom. The van der Waals surface area contributed by atoms with Crippen LogP contribution in [0.1, 0.15) is 58.0 Å². The Balaban J connectivity index is 3.12. The van der Waals surface area contributed by atoms with Crippen molar-refractivity contribution in [3.8, 4) is 5.75 Å². The summed E-state index contributed by atoms with van der Waals surface area (Å²) in [6.07, 6.45) is 3.79. The molecule has 1 N–H and O–H groups in total. The van der Waals surface area contributed by atoms with Gasteiger partial charge < -0.3 is 5.11 Å². The minimum Gasteiger partial charge on any atom is -0.504 e. The quantitative estimate of drug-likeness (QED) is 0.811. The molecule has 0 saturated carbocycles. The van der Waals surface area contributed by atoms with E-state index in [2.05, 4.69) is 25.9 Å². The molecule has 3 nitrogen and oxygen atoms in total. The molecule has 0 bridgehead atoms. The van der Waals surface area contributed by atoms with Crippen LogP contribution in [0.15, 0.2) is 0 Å². The van der Waals surface area contributed by atoms with Crippen molar-refractivity contribution < 1.29 is 5.11 Å². The number of hydrogen-bond donors (Lipinski definition) is 1. The molecule has 1 aromatic rings. The molecule has 0 saturated heterocycles. The van der Waals surface area contributed by atoms with Gasteiger partial charge in [0.25, 0.3) is 0 Å². The van der Waals surface area contributed by atoms with E-state index in [0.29, 0.717) is 11.8 Å². The minimum atomic E-state index is 0.373. The number of aryl methyl sites for hydroxylation is 1. The number of aromatic nitrogens is 2. The third kappa shape index (κ3) is 2.33. The maximum atomic E-state index is 10.0. The Kier molecular flexibility index (Phi) is 4.18. The molecule has 3 heteroatoms. The molecule has 0 aliphatic carbocycles. The first kappa shape index (κ1) is 12.1. The highest BCUT2D eigenvalue weighted by atomic mass is 16.3. The standard InChI is InChI=1S/C12H22N2O/c1-5-8-11-12(15)10(7-3)13-14(11)9(4)6-2/h9,15H,5-8H2,1-4H3. The lowest BCUT2D eigenvalue weighted by atomic mass is 10.2. The summed E-state index contributed by atoms with van der Waals surface area (Å²) in [5.74, 6) is 0.416. The predicted molar refractivity (Wildman–Crippen MR) is 62.3 cm³/mol. The van der Waals surface area contributed by atoms with Crippen LogP contribution < -0.4 is 0 Å². The molecular formula is C12H22N2O. The normalized spacial score (nSPS) is 13.1. The largest absolute Gasteiger partial charge is 0.504 e. The zero-order valence-electron chi connectivity index (χ0n) is 10.2. The van der Waals surface area contributed by atoms with Gasteiger partial charge in [-0.05, 0) is 26.2 Å². The van der Waals surface area contributed by atoms with E-state index in [0.717, 1.165) is 37.1 Å². The van der Waals surface area contributed by atoms with Crippen LogP contribution in [-0.2, 0) is 12.8 Å². The molecule has 1 aromatic heterocycles. The molecule has 0 spiro atoms. The van der Waals surface area contributed by atoms with Gasteiger partial charge in [0.05, 0.1) is 5.69 Å². The highest BCUT2D eigenvalue weighted by molar-refractivity contribution is 5.32. The van der Waals surface area contributed by atoms with Crippen LogP contribution in [0.25, 0.3) is 0 Å². The third-order valence-electron chi connectivity index (χ3n) is 2.88. The van der Waals surface area contributed by atoms with Crippen LogP contribution in [0.5, 0.6) is 5.75 Å². The van der Waals surface area contributed by atoms with Crippen LogP contribution in [0.4, 0.5) is 0 Å². The molecule has 0 aromatic carbocycles. The molecule has 0 amide bonds. The molecular weight excluding hydrogens is 188 g/mol. The fourth-order valence-corrected chi connectivity index (χ4v) is 1.76. The summed E-state index contributed by atoms with van der Waals surface area (Å²) < 4.78 is 2.00. The highest BCUT2D eigenvalue weighted by Crippen LogP contribution is 2.27. The minimum absolute atomic E-state index is 0.373. The summed E-state index contributed by atoms with van der Waals surface area (Å²) in [6.45, 7) is 8.44. The van der Waals surface area contributed by atoms with Crippen molar-refractivity contribution in [2.45, 2.75) is 59.4 Å². The lowest BCUT2D eigenvalue weighted by Crippen LogP contribution is -2.09. The highest BCUT2D eigenvalue weighted by Gasteiger charge is 2.17. The molecule has 0 fully saturated rings. The second-order valence-corrected chi connectivity index (χ2v) is 4.05. The van der Waals surface area contributed by atoms with Crippen molar-refractivity contribution in [2.75, 3.05) is 0 Å². The van der Waals surface area contributed by atoms with Gasteiger partial charge in [-0.15, -0.1) is 0 Å². The van der Waals surface area contributed by atoms with Crippen molar-refractivity contribution in [2.24, 2.45) is 0 Å². The van der Waals surface area contributed by atoms with Gasteiger partial charge in [-0.1, -0.05) is 27.2 Å². The molecule has 0 radical (unpaired) electrons. The third-order valence-corrected chi connectivity index (χ3v) is 2.88. The van der Waals surface area contributed by atoms with E-state index in [1.807, 2.05) is 11.6 Å². The Labute approximate surface area is 92.1 Å². The summed E-state index contributed by atoms with van der Waals surface area (Å²) in [6, 6.07) is 0.373. The Morgan fingerprint density at radius 1 is 1.33 bits per heavy atom. The average Bonchev–Trinajstić information content (AvgIpc) is 2.56. The van der Waals surface area contributed by atoms with Crippen LogP contribution in [0.2, 0.25) is 0 Å². The van der Waals surface area contributed by atoms with Crippen LogP contribution in [0, 0.1) is 0 Å². The van der Waals surface area contributed by atoms with E-state index < -0.39 is 0 Å². The van der Waals surface area contributed by atoms with Gasteiger partial charge >= 0.3 is 0 Å². The summed E-state index contributed by atoms with van der Waals surface area (Å²) in [4.78, 5) is 0. The average molecular weight is 210 g/mol. The SMILES string of the molecule is CCCc1c(O)c(CC)nn1C(C)CC. The van der Waals surface area contributed by atoms with Crippen LogP contribution >= 0.6 is 0 Å². The van der Waals surface area contributed by atoms with Gasteiger partial charge in [0.2, 0.25) is 0 Å². The van der Waals surface area contributed by atoms with E-state index in [9.17, 15) is 5.11 Å². The van der Waals surface area contributed by atoms with E-state index in [1.54, 1.807) is 0 Å². The second kappa shape index (κ2) is 5.19. The number of hydrogen-bond acceptors (Lipinski definition) is 2. The number of nitrogens with zero attached hydrogens (tertiary/aromatic N) is 2. The van der Waals surface area contributed by atoms with E-state index >= 15 is 0 Å². The molecule has 86 valence electrons. The van der Waals surface area contributed by atoms with E-state index in [1.165, 1.54) is 0 Å². The molecule has 1 unspecified atom stereocenters. The lowest BCUT2D eigenvalue weighted by Gasteiger charge is -2.12. The molecule has 1 heterocycles. The second-order valence-electron chi connectivity index (χ2n) is 4.05. The monoisotopic (exact) mass is 210 g/mol. The van der Waals surface area contributed by atoms with Crippen molar-refractivity contribution >= 4 is 0 Å². The fourth-order valence-electron chi connectivity index (χ4n) is 1.76. The topological polar surface area (TPSA) is 38.1 Å². The summed E-state index contributed by atoms with van der Waals surface area (Å²) in [5.41, 5.74) is 1.84. The summed E-state index contributed by atoms with van der Waals surface area (Å²) in [5, 5.41) is 14.5. The van der Waals surface area contributed by atoms with Gasteiger partial charge in [-0.2, -0.15) is 5.10 Å².